The molecule has 4 nitrogen and oxygen atoms in total. The number of hydrogen-bond acceptors (Lipinski definition) is 4. The van der Waals surface area contributed by atoms with Crippen LogP contribution in [0.25, 0.3) is 10.9 Å². The van der Waals surface area contributed by atoms with Gasteiger partial charge in [-0.3, -0.25) is 8.96 Å². The average Bonchev–Trinajstić information content (AvgIpc) is 3.00. The first-order valence-corrected chi connectivity index (χ1v) is 9.77. The van der Waals surface area contributed by atoms with Crippen LogP contribution in [0.1, 0.15) is 5.56 Å². The Balaban J connectivity index is 1.72. The summed E-state index contributed by atoms with van der Waals surface area (Å²) in [5, 5.41) is 8.63. The molecule has 0 radical (unpaired) electrons. The number of benzene rings is 2. The van der Waals surface area contributed by atoms with E-state index in [2.05, 4.69) is 50.1 Å². The summed E-state index contributed by atoms with van der Waals surface area (Å²) in [7, 11) is 1.96. The van der Waals surface area contributed by atoms with Crippen LogP contribution in [0.4, 0.5) is 11.4 Å². The van der Waals surface area contributed by atoms with Gasteiger partial charge in [-0.15, -0.1) is 0 Å². The molecule has 6 heteroatoms. The van der Waals surface area contributed by atoms with Crippen LogP contribution >= 0.6 is 23.5 Å². The second-order valence-corrected chi connectivity index (χ2v) is 7.64. The fourth-order valence-corrected chi connectivity index (χ4v) is 4.09. The Morgan fingerprint density at radius 3 is 2.74 bits per heavy atom. The highest BCUT2D eigenvalue weighted by atomic mass is 35.5. The third-order valence-electron chi connectivity index (χ3n) is 4.17. The molecule has 0 fully saturated rings. The summed E-state index contributed by atoms with van der Waals surface area (Å²) >= 11 is 7.76. The predicted octanol–water partition coefficient (Wildman–Crippen LogP) is 5.71. The van der Waals surface area contributed by atoms with Crippen LogP contribution in [0.15, 0.2) is 78.1 Å². The minimum Gasteiger partial charge on any atom is -0.355 e. The molecule has 0 aliphatic carbocycles. The summed E-state index contributed by atoms with van der Waals surface area (Å²) in [6.45, 7) is 0.818. The zero-order valence-corrected chi connectivity index (χ0v) is 16.4. The smallest absolute Gasteiger partial charge is 0.0618 e. The maximum absolute atomic E-state index is 6.10. The summed E-state index contributed by atoms with van der Waals surface area (Å²) in [5.41, 5.74) is 4.40. The molecule has 0 saturated carbocycles. The van der Waals surface area contributed by atoms with Gasteiger partial charge in [0.25, 0.3) is 0 Å². The van der Waals surface area contributed by atoms with Crippen molar-refractivity contribution >= 4 is 45.8 Å². The Hall–Kier alpha value is -2.47. The van der Waals surface area contributed by atoms with Gasteiger partial charge >= 0.3 is 0 Å². The third kappa shape index (κ3) is 4.11. The molecule has 0 bridgehead atoms. The van der Waals surface area contributed by atoms with Crippen LogP contribution in [0.5, 0.6) is 0 Å². The second-order valence-electron chi connectivity index (χ2n) is 6.16. The molecular formula is C21H19ClN4S. The lowest BCUT2D eigenvalue weighted by atomic mass is 10.1. The number of rotatable bonds is 6. The van der Waals surface area contributed by atoms with Crippen LogP contribution < -0.4 is 10.6 Å². The lowest BCUT2D eigenvalue weighted by Crippen LogP contribution is -2.04. The molecule has 0 atom stereocenters. The first kappa shape index (κ1) is 17.9. The van der Waals surface area contributed by atoms with Gasteiger partial charge in [-0.05, 0) is 67.0 Å². The molecule has 0 saturated heterocycles. The van der Waals surface area contributed by atoms with Gasteiger partial charge in [-0.2, -0.15) is 0 Å². The number of fused-ring (bicyclic) bond motifs is 1. The van der Waals surface area contributed by atoms with E-state index >= 15 is 0 Å². The normalized spacial score (nSPS) is 11.0. The predicted molar refractivity (Wildman–Crippen MR) is 115 cm³/mol. The Morgan fingerprint density at radius 2 is 1.96 bits per heavy atom. The first-order chi connectivity index (χ1) is 13.2. The molecule has 136 valence electrons. The lowest BCUT2D eigenvalue weighted by molar-refractivity contribution is 0.822. The van der Waals surface area contributed by atoms with Gasteiger partial charge in [0.15, 0.2) is 0 Å². The minimum absolute atomic E-state index is 0.716. The van der Waals surface area contributed by atoms with E-state index in [0.717, 1.165) is 28.3 Å². The van der Waals surface area contributed by atoms with Crippen molar-refractivity contribution in [3.05, 3.63) is 83.8 Å². The van der Waals surface area contributed by atoms with E-state index in [1.807, 2.05) is 43.6 Å². The molecule has 0 unspecified atom stereocenters. The van der Waals surface area contributed by atoms with Crippen LogP contribution in [0.2, 0.25) is 5.02 Å². The number of nitrogens with one attached hydrogen (secondary N) is 2. The molecule has 4 aromatic rings. The largest absolute Gasteiger partial charge is 0.355 e. The maximum atomic E-state index is 6.10. The van der Waals surface area contributed by atoms with E-state index in [9.17, 15) is 0 Å². The number of halogens is 1. The van der Waals surface area contributed by atoms with E-state index in [4.69, 9.17) is 11.6 Å². The average molecular weight is 395 g/mol. The lowest BCUT2D eigenvalue weighted by Gasteiger charge is -2.09. The fourth-order valence-electron chi connectivity index (χ4n) is 3.00. The van der Waals surface area contributed by atoms with Gasteiger partial charge in [0, 0.05) is 51.8 Å². The van der Waals surface area contributed by atoms with E-state index < -0.39 is 0 Å². The number of aromatic nitrogens is 2. The Bertz CT molecular complexity index is 1060. The van der Waals surface area contributed by atoms with Crippen molar-refractivity contribution in [3.8, 4) is 0 Å². The topological polar surface area (TPSA) is 41.9 Å². The van der Waals surface area contributed by atoms with Gasteiger partial charge in [-0.1, -0.05) is 23.7 Å². The monoisotopic (exact) mass is 394 g/mol. The molecule has 0 aliphatic rings. The molecule has 2 aromatic heterocycles. The summed E-state index contributed by atoms with van der Waals surface area (Å²) < 4.78 is 2.20. The summed E-state index contributed by atoms with van der Waals surface area (Å²) in [6, 6.07) is 18.2. The maximum Gasteiger partial charge on any atom is 0.0618 e. The summed E-state index contributed by atoms with van der Waals surface area (Å²) in [4.78, 5) is 5.31. The SMILES string of the molecule is CNCc1cn(Sc2cccnc2)c2cc(Nc3cccc(Cl)c3)ccc12. The quantitative estimate of drug-likeness (QED) is 0.439. The van der Waals surface area contributed by atoms with Crippen molar-refractivity contribution in [2.24, 2.45) is 0 Å². The number of nitrogens with zero attached hydrogens (tertiary/aromatic N) is 2. The van der Waals surface area contributed by atoms with Crippen LogP contribution in [-0.2, 0) is 6.54 Å². The number of anilines is 2. The van der Waals surface area contributed by atoms with Gasteiger partial charge < -0.3 is 10.6 Å². The molecule has 27 heavy (non-hydrogen) atoms. The molecule has 0 amide bonds. The minimum atomic E-state index is 0.716. The van der Waals surface area contributed by atoms with Crippen LogP contribution in [0, 0.1) is 0 Å². The van der Waals surface area contributed by atoms with Crippen LogP contribution in [-0.4, -0.2) is 16.0 Å². The Labute approximate surface area is 167 Å². The van der Waals surface area contributed by atoms with E-state index in [0.29, 0.717) is 5.02 Å². The Kier molecular flexibility index (Phi) is 5.34. The van der Waals surface area contributed by atoms with Crippen molar-refractivity contribution < 1.29 is 0 Å². The molecule has 4 rings (SSSR count). The molecule has 0 aliphatic heterocycles. The van der Waals surface area contributed by atoms with Gasteiger partial charge in [0.2, 0.25) is 0 Å². The third-order valence-corrected chi connectivity index (χ3v) is 5.36. The molecule has 2 N–H and O–H groups in total. The van der Waals surface area contributed by atoms with Crippen molar-refractivity contribution in [1.82, 2.24) is 14.3 Å². The van der Waals surface area contributed by atoms with Gasteiger partial charge in [-0.25, -0.2) is 0 Å². The van der Waals surface area contributed by atoms with Gasteiger partial charge in [0.1, 0.15) is 0 Å². The highest BCUT2D eigenvalue weighted by Crippen LogP contribution is 2.32. The van der Waals surface area contributed by atoms with Gasteiger partial charge in [0.05, 0.1) is 5.52 Å². The summed E-state index contributed by atoms with van der Waals surface area (Å²) in [5.74, 6) is 0. The first-order valence-electron chi connectivity index (χ1n) is 8.62. The number of hydrogen-bond donors (Lipinski definition) is 2. The molecule has 0 spiro atoms. The zero-order chi connectivity index (χ0) is 18.6. The summed E-state index contributed by atoms with van der Waals surface area (Å²) in [6.07, 6.45) is 5.85. The molecule has 2 aromatic carbocycles. The molecule has 2 heterocycles. The standard InChI is InChI=1S/C21H19ClN4S/c1-23-12-15-14-26(27-19-6-3-9-24-13-19)21-11-18(7-8-20(15)21)25-17-5-2-4-16(22)10-17/h2-11,13-14,23,25H,12H2,1H3. The van der Waals surface area contributed by atoms with Crippen molar-refractivity contribution in [1.29, 1.82) is 0 Å². The van der Waals surface area contributed by atoms with Crippen molar-refractivity contribution in [3.63, 3.8) is 0 Å². The highest BCUT2D eigenvalue weighted by molar-refractivity contribution is 7.98. The van der Waals surface area contributed by atoms with E-state index in [1.165, 1.54) is 10.9 Å². The van der Waals surface area contributed by atoms with Crippen molar-refractivity contribution in [2.45, 2.75) is 11.4 Å². The zero-order valence-electron chi connectivity index (χ0n) is 14.8. The molecular weight excluding hydrogens is 376 g/mol. The Morgan fingerprint density at radius 1 is 1.07 bits per heavy atom. The number of pyridine rings is 1. The van der Waals surface area contributed by atoms with E-state index in [1.54, 1.807) is 18.1 Å². The highest BCUT2D eigenvalue weighted by Gasteiger charge is 2.10. The fraction of sp³-hybridized carbons (Fsp3) is 0.0952. The van der Waals surface area contributed by atoms with E-state index in [-0.39, 0.29) is 0 Å². The van der Waals surface area contributed by atoms with Crippen molar-refractivity contribution in [2.75, 3.05) is 12.4 Å². The van der Waals surface area contributed by atoms with Crippen LogP contribution in [0.3, 0.4) is 0 Å². The second kappa shape index (κ2) is 8.05.